The monoisotopic (exact) mass is 268 g/mol. The summed E-state index contributed by atoms with van der Waals surface area (Å²) in [5.74, 6) is -1.01. The van der Waals surface area contributed by atoms with Gasteiger partial charge in [-0.1, -0.05) is 0 Å². The molecule has 2 rings (SSSR count). The maximum Gasteiger partial charge on any atom is 0.323 e. The number of nitrogens with zero attached hydrogens (tertiary/aromatic N) is 1. The molecule has 18 heavy (non-hydrogen) atoms. The van der Waals surface area contributed by atoms with E-state index in [4.69, 9.17) is 5.11 Å². The van der Waals surface area contributed by atoms with Crippen molar-refractivity contribution in [2.24, 2.45) is 0 Å². The van der Waals surface area contributed by atoms with Gasteiger partial charge in [0.2, 0.25) is 0 Å². The predicted octanol–water partition coefficient (Wildman–Crippen LogP) is 1.85. The first kappa shape index (κ1) is 12.9. The number of carboxylic acids is 1. The Balaban J connectivity index is 1.99. The highest BCUT2D eigenvalue weighted by Crippen LogP contribution is 2.33. The first-order chi connectivity index (χ1) is 8.58. The second-order valence-corrected chi connectivity index (χ2v) is 5.44. The van der Waals surface area contributed by atoms with Crippen molar-refractivity contribution in [3.8, 4) is 0 Å². The van der Waals surface area contributed by atoms with E-state index in [0.29, 0.717) is 0 Å². The van der Waals surface area contributed by atoms with E-state index in [0.717, 1.165) is 19.3 Å². The molecule has 1 aromatic heterocycles. The third-order valence-electron chi connectivity index (χ3n) is 3.07. The van der Waals surface area contributed by atoms with Crippen molar-refractivity contribution < 1.29 is 14.7 Å². The van der Waals surface area contributed by atoms with Crippen LogP contribution in [0, 0.1) is 0 Å². The summed E-state index contributed by atoms with van der Waals surface area (Å²) in [6.07, 6.45) is 3.04. The molecule has 1 aromatic rings. The van der Waals surface area contributed by atoms with E-state index in [1.807, 2.05) is 11.4 Å². The molecule has 6 heteroatoms. The number of rotatable bonds is 3. The molecule has 1 heterocycles. The summed E-state index contributed by atoms with van der Waals surface area (Å²) in [5, 5.41) is 13.6. The minimum atomic E-state index is -1.01. The normalized spacial score (nSPS) is 17.9. The zero-order chi connectivity index (χ0) is 13.1. The summed E-state index contributed by atoms with van der Waals surface area (Å²) < 4.78 is 0. The van der Waals surface area contributed by atoms with Crippen LogP contribution in [0.3, 0.4) is 0 Å². The number of fused-ring (bicyclic) bond motifs is 1. The molecule has 0 saturated heterocycles. The average Bonchev–Trinajstić information content (AvgIpc) is 2.77. The summed E-state index contributed by atoms with van der Waals surface area (Å²) >= 11 is 1.72. The number of likely N-dealkylation sites (N-methyl/N-ethyl adjacent to an activating group) is 1. The zero-order valence-corrected chi connectivity index (χ0v) is 11.0. The van der Waals surface area contributed by atoms with E-state index in [2.05, 4.69) is 5.32 Å². The second-order valence-electron chi connectivity index (χ2n) is 4.44. The van der Waals surface area contributed by atoms with Crippen molar-refractivity contribution in [2.45, 2.75) is 25.3 Å². The van der Waals surface area contributed by atoms with Gasteiger partial charge in [-0.25, -0.2) is 4.79 Å². The number of urea groups is 1. The average molecular weight is 268 g/mol. The molecule has 1 aliphatic carbocycles. The van der Waals surface area contributed by atoms with E-state index in [9.17, 15) is 9.59 Å². The van der Waals surface area contributed by atoms with Gasteiger partial charge in [0, 0.05) is 11.9 Å². The van der Waals surface area contributed by atoms with Gasteiger partial charge in [-0.15, -0.1) is 11.3 Å². The van der Waals surface area contributed by atoms with Gasteiger partial charge in [0.15, 0.2) is 0 Å². The van der Waals surface area contributed by atoms with Crippen molar-refractivity contribution in [3.63, 3.8) is 0 Å². The Bertz CT molecular complexity index is 458. The SMILES string of the molecule is CN(CC(=O)O)C(=O)NC1CCCc2sccc21. The van der Waals surface area contributed by atoms with Gasteiger partial charge in [0.1, 0.15) is 6.54 Å². The topological polar surface area (TPSA) is 69.6 Å². The van der Waals surface area contributed by atoms with Gasteiger partial charge in [0.05, 0.1) is 6.04 Å². The molecule has 5 nitrogen and oxygen atoms in total. The minimum absolute atomic E-state index is 0.0174. The van der Waals surface area contributed by atoms with Crippen LogP contribution in [0.15, 0.2) is 11.4 Å². The van der Waals surface area contributed by atoms with Crippen molar-refractivity contribution >= 4 is 23.3 Å². The maximum absolute atomic E-state index is 11.8. The van der Waals surface area contributed by atoms with Crippen molar-refractivity contribution in [1.82, 2.24) is 10.2 Å². The highest BCUT2D eigenvalue weighted by molar-refractivity contribution is 7.10. The smallest absolute Gasteiger partial charge is 0.323 e. The number of amides is 2. The largest absolute Gasteiger partial charge is 0.480 e. The Morgan fingerprint density at radius 3 is 3.11 bits per heavy atom. The number of hydrogen-bond donors (Lipinski definition) is 2. The van der Waals surface area contributed by atoms with Crippen LogP contribution in [0.2, 0.25) is 0 Å². The molecule has 0 aromatic carbocycles. The summed E-state index contributed by atoms with van der Waals surface area (Å²) in [4.78, 5) is 24.9. The van der Waals surface area contributed by atoms with Crippen molar-refractivity contribution in [1.29, 1.82) is 0 Å². The number of aryl methyl sites for hydroxylation is 1. The molecule has 1 unspecified atom stereocenters. The summed E-state index contributed by atoms with van der Waals surface area (Å²) in [6.45, 7) is -0.283. The van der Waals surface area contributed by atoms with Gasteiger partial charge < -0.3 is 15.3 Å². The van der Waals surface area contributed by atoms with Crippen molar-refractivity contribution in [3.05, 3.63) is 21.9 Å². The Labute approximate surface area is 109 Å². The molecule has 0 saturated carbocycles. The predicted molar refractivity (Wildman–Crippen MR) is 68.8 cm³/mol. The molecule has 0 fully saturated rings. The molecule has 2 N–H and O–H groups in total. The Morgan fingerprint density at radius 2 is 2.39 bits per heavy atom. The van der Waals surface area contributed by atoms with Crippen LogP contribution < -0.4 is 5.32 Å². The summed E-state index contributed by atoms with van der Waals surface area (Å²) in [7, 11) is 1.49. The second kappa shape index (κ2) is 5.39. The van der Waals surface area contributed by atoms with E-state index < -0.39 is 5.97 Å². The van der Waals surface area contributed by atoms with Crippen LogP contribution in [0.1, 0.15) is 29.3 Å². The van der Waals surface area contributed by atoms with Crippen LogP contribution in [-0.4, -0.2) is 35.6 Å². The molecule has 98 valence electrons. The molecule has 0 aliphatic heterocycles. The fourth-order valence-electron chi connectivity index (χ4n) is 2.17. The van der Waals surface area contributed by atoms with Gasteiger partial charge in [-0.05, 0) is 36.3 Å². The lowest BCUT2D eigenvalue weighted by molar-refractivity contribution is -0.137. The Kier molecular flexibility index (Phi) is 3.86. The lowest BCUT2D eigenvalue weighted by Crippen LogP contribution is -2.42. The van der Waals surface area contributed by atoms with Crippen molar-refractivity contribution in [2.75, 3.05) is 13.6 Å². The Hall–Kier alpha value is -1.56. The van der Waals surface area contributed by atoms with E-state index in [1.165, 1.54) is 22.4 Å². The molecule has 0 bridgehead atoms. The van der Waals surface area contributed by atoms with E-state index in [-0.39, 0.29) is 18.6 Å². The molecule has 2 amide bonds. The molecule has 0 spiro atoms. The lowest BCUT2D eigenvalue weighted by Gasteiger charge is -2.26. The van der Waals surface area contributed by atoms with Gasteiger partial charge in [0.25, 0.3) is 0 Å². The number of thiophene rings is 1. The number of carbonyl (C=O) groups is 2. The van der Waals surface area contributed by atoms with Gasteiger partial charge in [-0.3, -0.25) is 4.79 Å². The lowest BCUT2D eigenvalue weighted by atomic mass is 9.94. The molecule has 0 radical (unpaired) electrons. The molecular weight excluding hydrogens is 252 g/mol. The van der Waals surface area contributed by atoms with Gasteiger partial charge >= 0.3 is 12.0 Å². The molecule has 1 aliphatic rings. The zero-order valence-electron chi connectivity index (χ0n) is 10.2. The van der Waals surface area contributed by atoms with Crippen LogP contribution in [0.5, 0.6) is 0 Å². The van der Waals surface area contributed by atoms with Crippen LogP contribution in [-0.2, 0) is 11.2 Å². The highest BCUT2D eigenvalue weighted by atomic mass is 32.1. The van der Waals surface area contributed by atoms with E-state index >= 15 is 0 Å². The quantitative estimate of drug-likeness (QED) is 0.879. The third-order valence-corrected chi connectivity index (χ3v) is 4.07. The Morgan fingerprint density at radius 1 is 1.61 bits per heavy atom. The van der Waals surface area contributed by atoms with E-state index in [1.54, 1.807) is 11.3 Å². The highest BCUT2D eigenvalue weighted by Gasteiger charge is 2.24. The minimum Gasteiger partial charge on any atom is -0.480 e. The van der Waals surface area contributed by atoms with Crippen LogP contribution in [0.25, 0.3) is 0 Å². The first-order valence-electron chi connectivity index (χ1n) is 5.87. The standard InChI is InChI=1S/C12H16N2O3S/c1-14(7-11(15)16)12(17)13-9-3-2-4-10-8(9)5-6-18-10/h5-6,9H,2-4,7H2,1H3,(H,13,17)(H,15,16). The first-order valence-corrected chi connectivity index (χ1v) is 6.75. The third kappa shape index (κ3) is 2.81. The van der Waals surface area contributed by atoms with Crippen LogP contribution in [0.4, 0.5) is 4.79 Å². The fourth-order valence-corrected chi connectivity index (χ4v) is 3.16. The maximum atomic E-state index is 11.8. The molecular formula is C12H16N2O3S. The molecule has 1 atom stereocenters. The number of aliphatic carboxylic acids is 1. The van der Waals surface area contributed by atoms with Gasteiger partial charge in [-0.2, -0.15) is 0 Å². The fraction of sp³-hybridized carbons (Fsp3) is 0.500. The number of carbonyl (C=O) groups excluding carboxylic acids is 1. The number of hydrogen-bond acceptors (Lipinski definition) is 3. The summed E-state index contributed by atoms with van der Waals surface area (Å²) in [5.41, 5.74) is 1.18. The van der Waals surface area contributed by atoms with Crippen LogP contribution >= 0.6 is 11.3 Å². The summed E-state index contributed by atoms with van der Waals surface area (Å²) in [6, 6.07) is 1.73. The number of nitrogens with one attached hydrogen (secondary N) is 1. The number of carboxylic acid groups (broad SMARTS) is 1.